The summed E-state index contributed by atoms with van der Waals surface area (Å²) in [7, 11) is -2.56. The van der Waals surface area contributed by atoms with Crippen molar-refractivity contribution in [1.82, 2.24) is 4.72 Å². The largest absolute Gasteiger partial charge is 0.507 e. The van der Waals surface area contributed by atoms with Gasteiger partial charge in [0.15, 0.2) is 0 Å². The molecule has 1 fully saturated rings. The second-order valence-corrected chi connectivity index (χ2v) is 7.92. The van der Waals surface area contributed by atoms with Crippen molar-refractivity contribution in [2.45, 2.75) is 22.5 Å². The Kier molecular flexibility index (Phi) is 4.50. The number of rotatable bonds is 6. The number of phenolic OH excluding ortho intramolecular Hbond substituents is 1. The fourth-order valence-electron chi connectivity index (χ4n) is 1.86. The molecule has 0 atom stereocenters. The van der Waals surface area contributed by atoms with E-state index in [9.17, 15) is 18.3 Å². The number of esters is 1. The van der Waals surface area contributed by atoms with Crippen LogP contribution in [0, 0.1) is 0 Å². The number of hydrogen-bond acceptors (Lipinski definition) is 6. The molecular weight excluding hydrogens is 314 g/mol. The average Bonchev–Trinajstić information content (AvgIpc) is 3.25. The number of aromatic hydroxyl groups is 1. The average molecular weight is 331 g/mol. The number of benzene rings is 1. The minimum Gasteiger partial charge on any atom is -0.507 e. The first-order valence-electron chi connectivity index (χ1n) is 6.30. The van der Waals surface area contributed by atoms with Crippen molar-refractivity contribution in [2.75, 3.05) is 19.9 Å². The third kappa shape index (κ3) is 3.50. The molecule has 0 aliphatic heterocycles. The second kappa shape index (κ2) is 5.86. The molecule has 2 N–H and O–H groups in total. The molecule has 1 aliphatic rings. The highest BCUT2D eigenvalue weighted by Crippen LogP contribution is 2.46. The summed E-state index contributed by atoms with van der Waals surface area (Å²) in [5.41, 5.74) is -0.175. The summed E-state index contributed by atoms with van der Waals surface area (Å²) in [5, 5.41) is 9.59. The number of methoxy groups -OCH3 is 1. The first-order valence-corrected chi connectivity index (χ1v) is 9.00. The van der Waals surface area contributed by atoms with Gasteiger partial charge >= 0.3 is 5.97 Å². The molecule has 8 heteroatoms. The maximum atomic E-state index is 12.2. The first kappa shape index (κ1) is 16.1. The van der Waals surface area contributed by atoms with Gasteiger partial charge in [-0.15, -0.1) is 0 Å². The number of sulfonamides is 1. The van der Waals surface area contributed by atoms with Crippen LogP contribution in [-0.4, -0.2) is 44.2 Å². The lowest BCUT2D eigenvalue weighted by molar-refractivity contribution is 0.0597. The molecule has 0 heterocycles. The van der Waals surface area contributed by atoms with Crippen LogP contribution in [0.15, 0.2) is 23.1 Å². The Morgan fingerprint density at radius 1 is 1.48 bits per heavy atom. The maximum absolute atomic E-state index is 12.2. The summed E-state index contributed by atoms with van der Waals surface area (Å²) in [5.74, 6) is -1.10. The van der Waals surface area contributed by atoms with Gasteiger partial charge in [0, 0.05) is 11.3 Å². The van der Waals surface area contributed by atoms with E-state index < -0.39 is 16.0 Å². The molecule has 2 rings (SSSR count). The van der Waals surface area contributed by atoms with Gasteiger partial charge in [-0.2, -0.15) is 11.8 Å². The zero-order valence-corrected chi connectivity index (χ0v) is 13.4. The number of carbonyl (C=O) groups excluding carboxylic acids is 1. The Morgan fingerprint density at radius 2 is 2.14 bits per heavy atom. The Balaban J connectivity index is 2.22. The molecule has 0 saturated heterocycles. The van der Waals surface area contributed by atoms with Crippen LogP contribution in [0.25, 0.3) is 0 Å². The van der Waals surface area contributed by atoms with E-state index in [0.717, 1.165) is 26.0 Å². The molecule has 0 unspecified atom stereocenters. The van der Waals surface area contributed by atoms with Gasteiger partial charge in [0.25, 0.3) is 0 Å². The zero-order chi connectivity index (χ0) is 15.7. The highest BCUT2D eigenvalue weighted by Gasteiger charge is 2.42. The molecule has 1 saturated carbocycles. The molecule has 116 valence electrons. The molecule has 6 nitrogen and oxygen atoms in total. The molecular formula is C13H17NO5S2. The van der Waals surface area contributed by atoms with Crippen molar-refractivity contribution in [3.8, 4) is 5.75 Å². The van der Waals surface area contributed by atoms with E-state index in [1.807, 2.05) is 6.26 Å². The normalized spacial score (nSPS) is 16.5. The highest BCUT2D eigenvalue weighted by atomic mass is 32.2. The van der Waals surface area contributed by atoms with E-state index in [2.05, 4.69) is 9.46 Å². The number of phenols is 1. The molecule has 1 aliphatic carbocycles. The van der Waals surface area contributed by atoms with Crippen molar-refractivity contribution in [3.05, 3.63) is 23.8 Å². The minimum absolute atomic E-state index is 0.00479. The van der Waals surface area contributed by atoms with E-state index in [4.69, 9.17) is 0 Å². The van der Waals surface area contributed by atoms with Crippen LogP contribution in [0.3, 0.4) is 0 Å². The summed E-state index contributed by atoms with van der Waals surface area (Å²) < 4.78 is 31.5. The summed E-state index contributed by atoms with van der Waals surface area (Å²) >= 11 is 1.65. The van der Waals surface area contributed by atoms with Crippen LogP contribution in [0.1, 0.15) is 23.2 Å². The fraction of sp³-hybridized carbons (Fsp3) is 0.462. The van der Waals surface area contributed by atoms with Crippen molar-refractivity contribution < 1.29 is 23.1 Å². The van der Waals surface area contributed by atoms with Crippen LogP contribution in [0.2, 0.25) is 0 Å². The van der Waals surface area contributed by atoms with E-state index in [1.165, 1.54) is 12.1 Å². The van der Waals surface area contributed by atoms with Crippen LogP contribution >= 0.6 is 11.8 Å². The smallest absolute Gasteiger partial charge is 0.341 e. The van der Waals surface area contributed by atoms with Crippen molar-refractivity contribution in [2.24, 2.45) is 0 Å². The topological polar surface area (TPSA) is 92.7 Å². The lowest BCUT2D eigenvalue weighted by Crippen LogP contribution is -2.31. The summed E-state index contributed by atoms with van der Waals surface area (Å²) in [4.78, 5) is 11.4. The molecule has 0 amide bonds. The number of carbonyl (C=O) groups is 1. The SMILES string of the molecule is COC(=O)c1cc(S(=O)(=O)NCC2(SC)CC2)ccc1O. The van der Waals surface area contributed by atoms with Crippen molar-refractivity contribution >= 4 is 27.8 Å². The fourth-order valence-corrected chi connectivity index (χ4v) is 3.83. The minimum atomic E-state index is -3.73. The lowest BCUT2D eigenvalue weighted by Gasteiger charge is -2.14. The predicted octanol–water partition coefficient (Wildman–Crippen LogP) is 1.35. The van der Waals surface area contributed by atoms with Crippen molar-refractivity contribution in [3.63, 3.8) is 0 Å². The van der Waals surface area contributed by atoms with Gasteiger partial charge in [-0.05, 0) is 37.3 Å². The van der Waals surface area contributed by atoms with Crippen LogP contribution in [0.4, 0.5) is 0 Å². The molecule has 0 radical (unpaired) electrons. The third-order valence-electron chi connectivity index (χ3n) is 3.51. The van der Waals surface area contributed by atoms with Gasteiger partial charge < -0.3 is 9.84 Å². The maximum Gasteiger partial charge on any atom is 0.341 e. The number of nitrogens with one attached hydrogen (secondary N) is 1. The van der Waals surface area contributed by atoms with Gasteiger partial charge in [-0.3, -0.25) is 0 Å². The van der Waals surface area contributed by atoms with Gasteiger partial charge in [0.05, 0.1) is 12.0 Å². The molecule has 1 aromatic rings. The molecule has 0 aromatic heterocycles. The summed E-state index contributed by atoms with van der Waals surface area (Å²) in [6.07, 6.45) is 3.93. The molecule has 0 bridgehead atoms. The highest BCUT2D eigenvalue weighted by molar-refractivity contribution is 8.00. The number of ether oxygens (including phenoxy) is 1. The quantitative estimate of drug-likeness (QED) is 0.765. The number of thioether (sulfide) groups is 1. The first-order chi connectivity index (χ1) is 9.83. The second-order valence-electron chi connectivity index (χ2n) is 4.88. The zero-order valence-electron chi connectivity index (χ0n) is 11.8. The van der Waals surface area contributed by atoms with Crippen LogP contribution < -0.4 is 4.72 Å². The Hall–Kier alpha value is -1.25. The third-order valence-corrected chi connectivity index (χ3v) is 6.33. The van der Waals surface area contributed by atoms with E-state index in [-0.39, 0.29) is 21.0 Å². The standard InChI is InChI=1S/C13H17NO5S2/c1-19-12(16)10-7-9(3-4-11(10)15)21(17,18)14-8-13(20-2)5-6-13/h3-4,7,14-15H,5-6,8H2,1-2H3. The monoisotopic (exact) mass is 331 g/mol. The molecule has 21 heavy (non-hydrogen) atoms. The van der Waals surface area contributed by atoms with E-state index in [1.54, 1.807) is 11.8 Å². The van der Waals surface area contributed by atoms with E-state index >= 15 is 0 Å². The van der Waals surface area contributed by atoms with Gasteiger partial charge in [-0.1, -0.05) is 0 Å². The Morgan fingerprint density at radius 3 is 2.67 bits per heavy atom. The number of hydrogen-bond donors (Lipinski definition) is 2. The van der Waals surface area contributed by atoms with Gasteiger partial charge in [-0.25, -0.2) is 17.9 Å². The summed E-state index contributed by atoms with van der Waals surface area (Å²) in [6, 6.07) is 3.53. The van der Waals surface area contributed by atoms with Crippen molar-refractivity contribution in [1.29, 1.82) is 0 Å². The molecule has 1 aromatic carbocycles. The Bertz CT molecular complexity index is 653. The summed E-state index contributed by atoms with van der Waals surface area (Å²) in [6.45, 7) is 0.352. The van der Waals surface area contributed by atoms with Crippen LogP contribution in [0.5, 0.6) is 5.75 Å². The predicted molar refractivity (Wildman–Crippen MR) is 80.1 cm³/mol. The van der Waals surface area contributed by atoms with E-state index in [0.29, 0.717) is 6.54 Å². The lowest BCUT2D eigenvalue weighted by atomic mass is 10.2. The Labute approximate surface area is 127 Å². The van der Waals surface area contributed by atoms with Gasteiger partial charge in [0.1, 0.15) is 11.3 Å². The molecule has 0 spiro atoms. The van der Waals surface area contributed by atoms with Crippen LogP contribution in [-0.2, 0) is 14.8 Å². The van der Waals surface area contributed by atoms with Gasteiger partial charge in [0.2, 0.25) is 10.0 Å².